The largest absolute Gasteiger partial charge is 0.378 e. The Balaban J connectivity index is 1.44. The van der Waals surface area contributed by atoms with Gasteiger partial charge in [-0.1, -0.05) is 53.4 Å². The summed E-state index contributed by atoms with van der Waals surface area (Å²) >= 11 is 3.49. The third kappa shape index (κ3) is 5.05. The molecule has 4 aromatic rings. The fraction of sp³-hybridized carbons (Fsp3) is 0.400. The number of ether oxygens (including phenoxy) is 1. The Morgan fingerprint density at radius 3 is 2.67 bits per heavy atom. The molecule has 9 heteroatoms. The summed E-state index contributed by atoms with van der Waals surface area (Å²) in [5.41, 5.74) is 3.34. The van der Waals surface area contributed by atoms with Crippen molar-refractivity contribution in [2.24, 2.45) is 5.10 Å². The average Bonchev–Trinajstić information content (AvgIpc) is 3.23. The fourth-order valence-electron chi connectivity index (χ4n) is 5.89. The molecular weight excluding hydrogens is 558 g/mol. The Morgan fingerprint density at radius 1 is 1.10 bits per heavy atom. The summed E-state index contributed by atoms with van der Waals surface area (Å²) in [7, 11) is 0. The highest BCUT2D eigenvalue weighted by atomic mass is 79.9. The van der Waals surface area contributed by atoms with E-state index in [0.29, 0.717) is 37.2 Å². The zero-order valence-corrected chi connectivity index (χ0v) is 23.7. The highest BCUT2D eigenvalue weighted by Gasteiger charge is 2.24. The van der Waals surface area contributed by atoms with Gasteiger partial charge in [0.15, 0.2) is 0 Å². The molecule has 0 atom stereocenters. The summed E-state index contributed by atoms with van der Waals surface area (Å²) in [6.45, 7) is 4.63. The van der Waals surface area contributed by atoms with Gasteiger partial charge < -0.3 is 14.2 Å². The quantitative estimate of drug-likeness (QED) is 0.299. The van der Waals surface area contributed by atoms with E-state index in [2.05, 4.69) is 20.5 Å². The van der Waals surface area contributed by atoms with Crippen LogP contribution in [0.15, 0.2) is 56.8 Å². The molecule has 202 valence electrons. The van der Waals surface area contributed by atoms with Gasteiger partial charge in [0.05, 0.1) is 30.3 Å². The molecule has 0 spiro atoms. The first-order chi connectivity index (χ1) is 19.0. The maximum atomic E-state index is 13.8. The molecule has 2 fully saturated rings. The number of benzene rings is 2. The Hall–Kier alpha value is -3.30. The second-order valence-corrected chi connectivity index (χ2v) is 11.3. The van der Waals surface area contributed by atoms with Crippen molar-refractivity contribution in [3.05, 3.63) is 74.4 Å². The van der Waals surface area contributed by atoms with Crippen LogP contribution < -0.4 is 5.56 Å². The summed E-state index contributed by atoms with van der Waals surface area (Å²) in [4.78, 5) is 33.7. The third-order valence-corrected chi connectivity index (χ3v) is 8.54. The van der Waals surface area contributed by atoms with Crippen molar-refractivity contribution in [3.63, 3.8) is 0 Å². The fourth-order valence-corrected chi connectivity index (χ4v) is 6.25. The Kier molecular flexibility index (Phi) is 7.36. The SMILES string of the molecule is Cc1c(C=Nn2c(C3CCCCC3)nc3ccc(Br)cc3c2=O)c2ccccc2n1CC(=O)N1CCOCC1. The van der Waals surface area contributed by atoms with E-state index in [1.165, 1.54) is 11.1 Å². The van der Waals surface area contributed by atoms with Crippen molar-refractivity contribution in [2.75, 3.05) is 26.3 Å². The minimum absolute atomic E-state index is 0.0748. The molecule has 0 bridgehead atoms. The van der Waals surface area contributed by atoms with E-state index in [1.54, 1.807) is 6.21 Å². The van der Waals surface area contributed by atoms with Crippen molar-refractivity contribution in [1.82, 2.24) is 19.1 Å². The van der Waals surface area contributed by atoms with Gasteiger partial charge in [-0.25, -0.2) is 4.98 Å². The third-order valence-electron chi connectivity index (χ3n) is 8.04. The normalized spacial score (nSPS) is 17.0. The van der Waals surface area contributed by atoms with Gasteiger partial charge in [0.1, 0.15) is 12.4 Å². The zero-order chi connectivity index (χ0) is 26.9. The number of halogens is 1. The molecule has 2 aromatic heterocycles. The molecule has 39 heavy (non-hydrogen) atoms. The van der Waals surface area contributed by atoms with Crippen LogP contribution in [0.1, 0.15) is 55.1 Å². The van der Waals surface area contributed by atoms with Crippen LogP contribution in [-0.4, -0.2) is 57.6 Å². The predicted octanol–water partition coefficient (Wildman–Crippen LogP) is 5.21. The molecule has 6 rings (SSSR count). The lowest BCUT2D eigenvalue weighted by Crippen LogP contribution is -2.42. The van der Waals surface area contributed by atoms with Gasteiger partial charge in [-0.2, -0.15) is 9.78 Å². The molecule has 0 N–H and O–H groups in total. The van der Waals surface area contributed by atoms with E-state index in [4.69, 9.17) is 14.8 Å². The summed E-state index contributed by atoms with van der Waals surface area (Å²) < 4.78 is 9.81. The van der Waals surface area contributed by atoms with E-state index in [-0.39, 0.29) is 23.9 Å². The van der Waals surface area contributed by atoms with E-state index in [9.17, 15) is 9.59 Å². The first-order valence-electron chi connectivity index (χ1n) is 13.7. The van der Waals surface area contributed by atoms with Crippen LogP contribution in [0.3, 0.4) is 0 Å². The molecular formula is C30H32BrN5O3. The minimum atomic E-state index is -0.165. The molecule has 1 saturated heterocycles. The standard InChI is InChI=1S/C30H32BrN5O3/c1-20-25(23-9-5-6-10-27(23)35(20)19-28(37)34-13-15-39-16-14-34)18-32-36-29(21-7-3-2-4-8-21)33-26-12-11-22(31)17-24(26)30(36)38/h5-6,9-12,17-18,21H,2-4,7-8,13-16,19H2,1H3. The van der Waals surface area contributed by atoms with Crippen LogP contribution in [0.2, 0.25) is 0 Å². The molecule has 0 radical (unpaired) electrons. The van der Waals surface area contributed by atoms with Crippen molar-refractivity contribution in [3.8, 4) is 0 Å². The Bertz CT molecular complexity index is 1630. The van der Waals surface area contributed by atoms with E-state index in [0.717, 1.165) is 58.1 Å². The Labute approximate surface area is 235 Å². The zero-order valence-electron chi connectivity index (χ0n) is 22.1. The van der Waals surface area contributed by atoms with Crippen LogP contribution >= 0.6 is 15.9 Å². The number of rotatable bonds is 5. The number of carbonyl (C=O) groups excluding carboxylic acids is 1. The van der Waals surface area contributed by atoms with Gasteiger partial charge in [0, 0.05) is 45.6 Å². The summed E-state index contributed by atoms with van der Waals surface area (Å²) in [6, 6.07) is 13.7. The van der Waals surface area contributed by atoms with E-state index < -0.39 is 0 Å². The van der Waals surface area contributed by atoms with Crippen LogP contribution in [-0.2, 0) is 16.1 Å². The van der Waals surface area contributed by atoms with Gasteiger partial charge >= 0.3 is 0 Å². The number of amides is 1. The minimum Gasteiger partial charge on any atom is -0.378 e. The van der Waals surface area contributed by atoms with Gasteiger partial charge in [-0.05, 0) is 44.0 Å². The topological polar surface area (TPSA) is 81.7 Å². The van der Waals surface area contributed by atoms with E-state index in [1.807, 2.05) is 54.3 Å². The number of morpholine rings is 1. The average molecular weight is 591 g/mol. The molecule has 1 aliphatic heterocycles. The molecule has 2 aliphatic rings. The summed E-state index contributed by atoms with van der Waals surface area (Å²) in [5.74, 6) is 1.01. The maximum Gasteiger partial charge on any atom is 0.282 e. The number of carbonyl (C=O) groups is 1. The number of hydrogen-bond donors (Lipinski definition) is 0. The molecule has 1 saturated carbocycles. The van der Waals surface area contributed by atoms with Gasteiger partial charge in [0.2, 0.25) is 5.91 Å². The highest BCUT2D eigenvalue weighted by Crippen LogP contribution is 2.32. The molecule has 1 aliphatic carbocycles. The number of fused-ring (bicyclic) bond motifs is 2. The first kappa shape index (κ1) is 26.0. The van der Waals surface area contributed by atoms with E-state index >= 15 is 0 Å². The van der Waals surface area contributed by atoms with Crippen molar-refractivity contribution >= 4 is 49.9 Å². The van der Waals surface area contributed by atoms with Crippen molar-refractivity contribution in [1.29, 1.82) is 0 Å². The van der Waals surface area contributed by atoms with Gasteiger partial charge in [-0.15, -0.1) is 0 Å². The first-order valence-corrected chi connectivity index (χ1v) is 14.5. The lowest BCUT2D eigenvalue weighted by molar-refractivity contribution is -0.135. The van der Waals surface area contributed by atoms with Crippen LogP contribution in [0.5, 0.6) is 0 Å². The molecule has 2 aromatic carbocycles. The van der Waals surface area contributed by atoms with Gasteiger partial charge in [-0.3, -0.25) is 9.59 Å². The monoisotopic (exact) mass is 589 g/mol. The van der Waals surface area contributed by atoms with Crippen LogP contribution in [0, 0.1) is 6.92 Å². The second kappa shape index (κ2) is 11.1. The lowest BCUT2D eigenvalue weighted by Gasteiger charge is -2.27. The van der Waals surface area contributed by atoms with Gasteiger partial charge in [0.25, 0.3) is 5.56 Å². The Morgan fingerprint density at radius 2 is 1.87 bits per heavy atom. The highest BCUT2D eigenvalue weighted by molar-refractivity contribution is 9.10. The number of para-hydroxylation sites is 1. The molecule has 3 heterocycles. The molecule has 0 unspecified atom stereocenters. The van der Waals surface area contributed by atoms with Crippen molar-refractivity contribution < 1.29 is 9.53 Å². The second-order valence-electron chi connectivity index (χ2n) is 10.4. The number of aromatic nitrogens is 3. The summed E-state index contributed by atoms with van der Waals surface area (Å²) in [6.07, 6.45) is 7.26. The maximum absolute atomic E-state index is 13.8. The summed E-state index contributed by atoms with van der Waals surface area (Å²) in [5, 5.41) is 6.34. The molecule has 8 nitrogen and oxygen atoms in total. The number of hydrogen-bond acceptors (Lipinski definition) is 5. The van der Waals surface area contributed by atoms with Crippen LogP contribution in [0.4, 0.5) is 0 Å². The predicted molar refractivity (Wildman–Crippen MR) is 157 cm³/mol. The van der Waals surface area contributed by atoms with Crippen molar-refractivity contribution in [2.45, 2.75) is 51.5 Å². The smallest absolute Gasteiger partial charge is 0.282 e. The van der Waals surface area contributed by atoms with Crippen LogP contribution in [0.25, 0.3) is 21.8 Å². The number of nitrogens with zero attached hydrogens (tertiary/aromatic N) is 5. The lowest BCUT2D eigenvalue weighted by atomic mass is 9.88. The molecule has 1 amide bonds.